The number of rotatable bonds is 4. The Bertz CT molecular complexity index is 536. The van der Waals surface area contributed by atoms with Crippen molar-refractivity contribution in [3.05, 3.63) is 35.9 Å². The number of nitrogens with one attached hydrogen (secondary N) is 1. The topological polar surface area (TPSA) is 62.1 Å². The van der Waals surface area contributed by atoms with Gasteiger partial charge in [0.25, 0.3) is 0 Å². The molecule has 0 bridgehead atoms. The lowest BCUT2D eigenvalue weighted by molar-refractivity contribution is -0.112. The molecule has 0 heterocycles. The van der Waals surface area contributed by atoms with Gasteiger partial charge < -0.3 is 10.1 Å². The number of hydrogen-bond acceptors (Lipinski definition) is 3. The Hall–Kier alpha value is -2.02. The normalized spacial score (nSPS) is 29.9. The van der Waals surface area contributed by atoms with E-state index in [0.717, 1.165) is 31.2 Å². The Labute approximate surface area is 125 Å². The van der Waals surface area contributed by atoms with E-state index in [1.165, 1.54) is 0 Å². The van der Waals surface area contributed by atoms with E-state index in [0.29, 0.717) is 24.3 Å². The molecule has 1 spiro atoms. The third-order valence-corrected chi connectivity index (χ3v) is 4.70. The molecule has 1 amide bonds. The fourth-order valence-electron chi connectivity index (χ4n) is 3.72. The molecule has 0 atom stereocenters. The van der Waals surface area contributed by atoms with Crippen LogP contribution in [-0.4, -0.2) is 12.2 Å². The number of alkyl carbamates (subject to hydrolysis) is 1. The number of carbonyl (C=O) groups excluding carboxylic acids is 1. The minimum Gasteiger partial charge on any atom is -0.446 e. The van der Waals surface area contributed by atoms with Crippen molar-refractivity contribution in [1.29, 1.82) is 5.26 Å². The van der Waals surface area contributed by atoms with Crippen molar-refractivity contribution in [3.63, 3.8) is 0 Å². The second-order valence-corrected chi connectivity index (χ2v) is 6.41. The Balaban J connectivity index is 1.34. The van der Waals surface area contributed by atoms with Crippen molar-refractivity contribution in [2.75, 3.05) is 0 Å². The summed E-state index contributed by atoms with van der Waals surface area (Å²) in [5, 5.41) is 11.4. The predicted octanol–water partition coefficient (Wildman–Crippen LogP) is 3.39. The zero-order valence-corrected chi connectivity index (χ0v) is 12.0. The SMILES string of the molecule is N#CCC1CC2(C1)CC(OC(=O)NCc1ccccc1)C2. The number of amides is 1. The van der Waals surface area contributed by atoms with Crippen LogP contribution >= 0.6 is 0 Å². The van der Waals surface area contributed by atoms with Crippen LogP contribution in [0.2, 0.25) is 0 Å². The maximum atomic E-state index is 11.7. The lowest BCUT2D eigenvalue weighted by Gasteiger charge is -2.56. The van der Waals surface area contributed by atoms with E-state index in [4.69, 9.17) is 10.00 Å². The number of carbonyl (C=O) groups is 1. The van der Waals surface area contributed by atoms with Crippen LogP contribution in [0.3, 0.4) is 0 Å². The molecular weight excluding hydrogens is 264 g/mol. The molecule has 0 unspecified atom stereocenters. The molecule has 2 aliphatic carbocycles. The average Bonchev–Trinajstić information content (AvgIpc) is 2.42. The van der Waals surface area contributed by atoms with Gasteiger partial charge >= 0.3 is 6.09 Å². The average molecular weight is 284 g/mol. The predicted molar refractivity (Wildman–Crippen MR) is 78.2 cm³/mol. The summed E-state index contributed by atoms with van der Waals surface area (Å²) < 4.78 is 5.42. The minimum atomic E-state index is -0.327. The quantitative estimate of drug-likeness (QED) is 0.921. The summed E-state index contributed by atoms with van der Waals surface area (Å²) in [5.41, 5.74) is 1.45. The number of nitrogens with zero attached hydrogens (tertiary/aromatic N) is 1. The maximum Gasteiger partial charge on any atom is 0.407 e. The van der Waals surface area contributed by atoms with Crippen LogP contribution in [0.1, 0.15) is 37.7 Å². The monoisotopic (exact) mass is 284 g/mol. The van der Waals surface area contributed by atoms with Gasteiger partial charge in [-0.15, -0.1) is 0 Å². The maximum absolute atomic E-state index is 11.7. The summed E-state index contributed by atoms with van der Waals surface area (Å²) in [4.78, 5) is 11.7. The van der Waals surface area contributed by atoms with Gasteiger partial charge in [-0.2, -0.15) is 5.26 Å². The molecule has 0 aromatic heterocycles. The standard InChI is InChI=1S/C17H20N2O2/c18-7-6-14-8-17(9-14)10-15(11-17)21-16(20)19-12-13-4-2-1-3-5-13/h1-5,14-15H,6,8-12H2,(H,19,20). The molecule has 2 saturated carbocycles. The van der Waals surface area contributed by atoms with Crippen LogP contribution in [0, 0.1) is 22.7 Å². The molecule has 4 heteroatoms. The minimum absolute atomic E-state index is 0.0591. The highest BCUT2D eigenvalue weighted by Crippen LogP contribution is 2.60. The first-order valence-corrected chi connectivity index (χ1v) is 7.54. The molecule has 4 nitrogen and oxygen atoms in total. The zero-order valence-electron chi connectivity index (χ0n) is 12.0. The molecule has 1 aromatic rings. The van der Waals surface area contributed by atoms with Crippen molar-refractivity contribution >= 4 is 6.09 Å². The second kappa shape index (κ2) is 5.77. The summed E-state index contributed by atoms with van der Waals surface area (Å²) in [6, 6.07) is 12.0. The molecule has 21 heavy (non-hydrogen) atoms. The summed E-state index contributed by atoms with van der Waals surface area (Å²) in [5.74, 6) is 0.572. The van der Waals surface area contributed by atoms with Crippen LogP contribution in [0.4, 0.5) is 4.79 Å². The summed E-state index contributed by atoms with van der Waals surface area (Å²) in [6.07, 6.45) is 4.60. The first-order valence-electron chi connectivity index (χ1n) is 7.54. The van der Waals surface area contributed by atoms with Gasteiger partial charge in [0.05, 0.1) is 6.07 Å². The fourth-order valence-corrected chi connectivity index (χ4v) is 3.72. The van der Waals surface area contributed by atoms with E-state index >= 15 is 0 Å². The van der Waals surface area contributed by atoms with E-state index in [2.05, 4.69) is 11.4 Å². The zero-order chi connectivity index (χ0) is 14.7. The van der Waals surface area contributed by atoms with Crippen molar-refractivity contribution in [2.45, 2.75) is 44.8 Å². The van der Waals surface area contributed by atoms with E-state index in [-0.39, 0.29) is 12.2 Å². The molecule has 1 N–H and O–H groups in total. The highest BCUT2D eigenvalue weighted by Gasteiger charge is 2.53. The molecule has 0 aliphatic heterocycles. The Kier molecular flexibility index (Phi) is 3.83. The van der Waals surface area contributed by atoms with Gasteiger partial charge in [0.2, 0.25) is 0 Å². The summed E-state index contributed by atoms with van der Waals surface area (Å²) in [6.45, 7) is 0.502. The van der Waals surface area contributed by atoms with Crippen molar-refractivity contribution in [1.82, 2.24) is 5.32 Å². The summed E-state index contributed by atoms with van der Waals surface area (Å²) >= 11 is 0. The van der Waals surface area contributed by atoms with Gasteiger partial charge in [-0.25, -0.2) is 4.79 Å². The van der Waals surface area contributed by atoms with Crippen molar-refractivity contribution < 1.29 is 9.53 Å². The van der Waals surface area contributed by atoms with E-state index in [1.54, 1.807) is 0 Å². The molecule has 1 aromatic carbocycles. The van der Waals surface area contributed by atoms with Crippen LogP contribution < -0.4 is 5.32 Å². The van der Waals surface area contributed by atoms with Gasteiger partial charge in [-0.05, 0) is 42.6 Å². The van der Waals surface area contributed by atoms with Gasteiger partial charge in [0.1, 0.15) is 6.10 Å². The lowest BCUT2D eigenvalue weighted by Crippen LogP contribution is -2.52. The van der Waals surface area contributed by atoms with Gasteiger partial charge in [0, 0.05) is 13.0 Å². The van der Waals surface area contributed by atoms with E-state index in [1.807, 2.05) is 30.3 Å². The van der Waals surface area contributed by atoms with Crippen LogP contribution in [0.15, 0.2) is 30.3 Å². The van der Waals surface area contributed by atoms with E-state index < -0.39 is 0 Å². The molecule has 0 radical (unpaired) electrons. The highest BCUT2D eigenvalue weighted by molar-refractivity contribution is 5.67. The molecule has 3 rings (SSSR count). The number of ether oxygens (including phenoxy) is 1. The largest absolute Gasteiger partial charge is 0.446 e. The highest BCUT2D eigenvalue weighted by atomic mass is 16.6. The lowest BCUT2D eigenvalue weighted by atomic mass is 9.50. The van der Waals surface area contributed by atoms with Crippen molar-refractivity contribution in [2.24, 2.45) is 11.3 Å². The second-order valence-electron chi connectivity index (χ2n) is 6.41. The third kappa shape index (κ3) is 3.18. The molecule has 2 aliphatic rings. The van der Waals surface area contributed by atoms with Crippen LogP contribution in [-0.2, 0) is 11.3 Å². The van der Waals surface area contributed by atoms with Gasteiger partial charge in [0.15, 0.2) is 0 Å². The molecule has 0 saturated heterocycles. The summed E-state index contributed by atoms with van der Waals surface area (Å²) in [7, 11) is 0. The number of benzene rings is 1. The molecular formula is C17H20N2O2. The molecule has 110 valence electrons. The smallest absolute Gasteiger partial charge is 0.407 e. The third-order valence-electron chi connectivity index (χ3n) is 4.70. The Morgan fingerprint density at radius 1 is 1.29 bits per heavy atom. The van der Waals surface area contributed by atoms with Gasteiger partial charge in [-0.3, -0.25) is 0 Å². The first-order chi connectivity index (χ1) is 10.2. The van der Waals surface area contributed by atoms with Crippen molar-refractivity contribution in [3.8, 4) is 6.07 Å². The first kappa shape index (κ1) is 13.9. The Morgan fingerprint density at radius 3 is 2.67 bits per heavy atom. The number of hydrogen-bond donors (Lipinski definition) is 1. The van der Waals surface area contributed by atoms with E-state index in [9.17, 15) is 4.79 Å². The van der Waals surface area contributed by atoms with Crippen LogP contribution in [0.25, 0.3) is 0 Å². The van der Waals surface area contributed by atoms with Crippen LogP contribution in [0.5, 0.6) is 0 Å². The van der Waals surface area contributed by atoms with Gasteiger partial charge in [-0.1, -0.05) is 30.3 Å². The Morgan fingerprint density at radius 2 is 2.00 bits per heavy atom. The molecule has 2 fully saturated rings. The number of nitriles is 1. The fraction of sp³-hybridized carbons (Fsp3) is 0.529.